The number of urea groups is 1. The predicted octanol–water partition coefficient (Wildman–Crippen LogP) is 0.917. The Bertz CT molecular complexity index is 666. The van der Waals surface area contributed by atoms with Crippen LogP contribution in [0.5, 0.6) is 0 Å². The molecule has 7 nitrogen and oxygen atoms in total. The molecule has 3 rings (SSSR count). The van der Waals surface area contributed by atoms with Gasteiger partial charge in [0, 0.05) is 25.0 Å². The smallest absolute Gasteiger partial charge is 0.310 e. The van der Waals surface area contributed by atoms with Gasteiger partial charge < -0.3 is 14.7 Å². The lowest BCUT2D eigenvalue weighted by atomic mass is 10.1. The standard InChI is InChI=1S/C13H15N5O2/c1-16-7-18(8-17(2)13(16)20)12(19)9-3-4-10-6-14-15-11(10)5-9/h3-6H,7-8H2,1-2H3,(H,14,15). The normalized spacial score (nSPS) is 16.1. The van der Waals surface area contributed by atoms with Gasteiger partial charge in [-0.3, -0.25) is 9.89 Å². The van der Waals surface area contributed by atoms with E-state index in [2.05, 4.69) is 10.2 Å². The lowest BCUT2D eigenvalue weighted by molar-refractivity contribution is 0.0391. The summed E-state index contributed by atoms with van der Waals surface area (Å²) in [7, 11) is 3.35. The first-order chi connectivity index (χ1) is 9.56. The zero-order valence-corrected chi connectivity index (χ0v) is 11.3. The number of carbonyl (C=O) groups excluding carboxylic acids is 2. The summed E-state index contributed by atoms with van der Waals surface area (Å²) < 4.78 is 0. The number of hydrogen-bond donors (Lipinski definition) is 1. The molecule has 7 heteroatoms. The SMILES string of the molecule is CN1CN(C(=O)c2ccc3cn[nH]c3c2)CN(C)C1=O. The third-order valence-corrected chi connectivity index (χ3v) is 3.39. The molecule has 1 aromatic heterocycles. The number of benzene rings is 1. The zero-order chi connectivity index (χ0) is 14.3. The monoisotopic (exact) mass is 273 g/mol. The van der Waals surface area contributed by atoms with Gasteiger partial charge in [0.2, 0.25) is 0 Å². The fraction of sp³-hybridized carbons (Fsp3) is 0.308. The van der Waals surface area contributed by atoms with Crippen molar-refractivity contribution in [1.29, 1.82) is 0 Å². The summed E-state index contributed by atoms with van der Waals surface area (Å²) in [6.07, 6.45) is 1.71. The molecule has 1 N–H and O–H groups in total. The van der Waals surface area contributed by atoms with Crippen LogP contribution in [0.1, 0.15) is 10.4 Å². The number of nitrogens with one attached hydrogen (secondary N) is 1. The van der Waals surface area contributed by atoms with Gasteiger partial charge >= 0.3 is 6.03 Å². The molecule has 0 unspecified atom stereocenters. The van der Waals surface area contributed by atoms with Crippen LogP contribution >= 0.6 is 0 Å². The predicted molar refractivity (Wildman–Crippen MR) is 72.9 cm³/mol. The second kappa shape index (κ2) is 4.52. The van der Waals surface area contributed by atoms with E-state index in [1.165, 1.54) is 9.80 Å². The summed E-state index contributed by atoms with van der Waals surface area (Å²) in [4.78, 5) is 28.8. The van der Waals surface area contributed by atoms with Crippen LogP contribution in [-0.4, -0.2) is 64.3 Å². The summed E-state index contributed by atoms with van der Waals surface area (Å²) in [5, 5.41) is 7.75. The molecular formula is C13H15N5O2. The van der Waals surface area contributed by atoms with Crippen molar-refractivity contribution in [3.05, 3.63) is 30.0 Å². The van der Waals surface area contributed by atoms with Crippen LogP contribution < -0.4 is 0 Å². The zero-order valence-electron chi connectivity index (χ0n) is 11.3. The van der Waals surface area contributed by atoms with Crippen molar-refractivity contribution >= 4 is 22.8 Å². The van der Waals surface area contributed by atoms with Gasteiger partial charge in [0.05, 0.1) is 25.1 Å². The third-order valence-electron chi connectivity index (χ3n) is 3.39. The van der Waals surface area contributed by atoms with E-state index in [1.807, 2.05) is 6.07 Å². The minimum atomic E-state index is -0.104. The summed E-state index contributed by atoms with van der Waals surface area (Å²) in [6.45, 7) is 0.589. The van der Waals surface area contributed by atoms with Crippen molar-refractivity contribution < 1.29 is 9.59 Å². The van der Waals surface area contributed by atoms with Gasteiger partial charge in [-0.25, -0.2) is 4.79 Å². The van der Waals surface area contributed by atoms with Crippen molar-refractivity contribution in [3.63, 3.8) is 0 Å². The van der Waals surface area contributed by atoms with Crippen LogP contribution in [0.25, 0.3) is 10.9 Å². The van der Waals surface area contributed by atoms with Crippen LogP contribution in [0.2, 0.25) is 0 Å². The summed E-state index contributed by atoms with van der Waals surface area (Å²) in [6, 6.07) is 5.32. The van der Waals surface area contributed by atoms with Crippen LogP contribution in [0, 0.1) is 0 Å². The van der Waals surface area contributed by atoms with Crippen molar-refractivity contribution in [2.45, 2.75) is 0 Å². The Morgan fingerprint density at radius 1 is 1.25 bits per heavy atom. The number of hydrogen-bond acceptors (Lipinski definition) is 3. The molecule has 1 saturated heterocycles. The first kappa shape index (κ1) is 12.5. The van der Waals surface area contributed by atoms with E-state index < -0.39 is 0 Å². The first-order valence-electron chi connectivity index (χ1n) is 6.25. The number of H-pyrrole nitrogens is 1. The second-order valence-electron chi connectivity index (χ2n) is 4.98. The molecule has 3 amide bonds. The molecule has 2 heterocycles. The molecule has 20 heavy (non-hydrogen) atoms. The van der Waals surface area contributed by atoms with E-state index in [1.54, 1.807) is 37.3 Å². The molecule has 0 spiro atoms. The number of fused-ring (bicyclic) bond motifs is 1. The number of amides is 3. The fourth-order valence-corrected chi connectivity index (χ4v) is 2.35. The largest absolute Gasteiger partial charge is 0.322 e. The maximum atomic E-state index is 12.5. The Hall–Kier alpha value is -2.57. The van der Waals surface area contributed by atoms with E-state index in [9.17, 15) is 9.59 Å². The third kappa shape index (κ3) is 1.97. The van der Waals surface area contributed by atoms with Gasteiger partial charge in [0.25, 0.3) is 5.91 Å². The lowest BCUT2D eigenvalue weighted by Gasteiger charge is -2.38. The van der Waals surface area contributed by atoms with Crippen LogP contribution in [0.3, 0.4) is 0 Å². The van der Waals surface area contributed by atoms with Crippen LogP contribution in [0.15, 0.2) is 24.4 Å². The summed E-state index contributed by atoms with van der Waals surface area (Å²) in [5.41, 5.74) is 1.41. The molecular weight excluding hydrogens is 258 g/mol. The van der Waals surface area contributed by atoms with Crippen molar-refractivity contribution in [2.75, 3.05) is 27.4 Å². The highest BCUT2D eigenvalue weighted by atomic mass is 16.2. The number of aromatic amines is 1. The minimum Gasteiger partial charge on any atom is -0.310 e. The highest BCUT2D eigenvalue weighted by molar-refractivity contribution is 5.98. The average molecular weight is 273 g/mol. The van der Waals surface area contributed by atoms with Crippen molar-refractivity contribution in [1.82, 2.24) is 24.9 Å². The Morgan fingerprint density at radius 2 is 1.95 bits per heavy atom. The summed E-state index contributed by atoms with van der Waals surface area (Å²) in [5.74, 6) is -0.104. The molecule has 1 aliphatic rings. The van der Waals surface area contributed by atoms with Gasteiger partial charge in [0.15, 0.2) is 0 Å². The number of nitrogens with zero attached hydrogens (tertiary/aromatic N) is 4. The van der Waals surface area contributed by atoms with E-state index in [4.69, 9.17) is 0 Å². The molecule has 0 radical (unpaired) electrons. The summed E-state index contributed by atoms with van der Waals surface area (Å²) >= 11 is 0. The van der Waals surface area contributed by atoms with Crippen molar-refractivity contribution in [2.24, 2.45) is 0 Å². The lowest BCUT2D eigenvalue weighted by Crippen LogP contribution is -2.56. The second-order valence-corrected chi connectivity index (χ2v) is 4.98. The van der Waals surface area contributed by atoms with Gasteiger partial charge in [-0.05, 0) is 12.1 Å². The Morgan fingerprint density at radius 3 is 2.65 bits per heavy atom. The average Bonchev–Trinajstić information content (AvgIpc) is 2.90. The van der Waals surface area contributed by atoms with E-state index >= 15 is 0 Å². The highest BCUT2D eigenvalue weighted by Crippen LogP contribution is 2.16. The molecule has 0 aliphatic carbocycles. The quantitative estimate of drug-likeness (QED) is 0.839. The maximum Gasteiger partial charge on any atom is 0.322 e. The fourth-order valence-electron chi connectivity index (χ4n) is 2.35. The number of rotatable bonds is 1. The van der Waals surface area contributed by atoms with E-state index in [0.29, 0.717) is 18.9 Å². The molecule has 0 saturated carbocycles. The van der Waals surface area contributed by atoms with Gasteiger partial charge in [-0.15, -0.1) is 0 Å². The molecule has 0 bridgehead atoms. The Balaban J connectivity index is 1.86. The maximum absolute atomic E-state index is 12.5. The number of carbonyl (C=O) groups is 2. The van der Waals surface area contributed by atoms with E-state index in [0.717, 1.165) is 10.9 Å². The highest BCUT2D eigenvalue weighted by Gasteiger charge is 2.28. The van der Waals surface area contributed by atoms with Gasteiger partial charge in [-0.2, -0.15) is 5.10 Å². The molecule has 2 aromatic rings. The topological polar surface area (TPSA) is 72.5 Å². The molecule has 1 aliphatic heterocycles. The van der Waals surface area contributed by atoms with Crippen LogP contribution in [0.4, 0.5) is 4.79 Å². The van der Waals surface area contributed by atoms with Crippen molar-refractivity contribution in [3.8, 4) is 0 Å². The van der Waals surface area contributed by atoms with E-state index in [-0.39, 0.29) is 11.9 Å². The first-order valence-corrected chi connectivity index (χ1v) is 6.25. The van der Waals surface area contributed by atoms with Gasteiger partial charge in [-0.1, -0.05) is 6.07 Å². The molecule has 0 atom stereocenters. The Kier molecular flexibility index (Phi) is 2.81. The van der Waals surface area contributed by atoms with Crippen LogP contribution in [-0.2, 0) is 0 Å². The molecule has 104 valence electrons. The number of aromatic nitrogens is 2. The molecule has 1 aromatic carbocycles. The minimum absolute atomic E-state index is 0.0851. The van der Waals surface area contributed by atoms with Gasteiger partial charge in [0.1, 0.15) is 0 Å². The molecule has 1 fully saturated rings. The Labute approximate surface area is 115 Å².